The second kappa shape index (κ2) is 12.8. The van der Waals surface area contributed by atoms with E-state index in [0.29, 0.717) is 0 Å². The van der Waals surface area contributed by atoms with Gasteiger partial charge in [-0.15, -0.1) is 0 Å². The molecule has 0 aromatic carbocycles. The third-order valence-electron chi connectivity index (χ3n) is 4.96. The Balaban J connectivity index is 4.06. The smallest absolute Gasteiger partial charge is 0.312 e. The molecule has 2 nitrogen and oxygen atoms in total. The third kappa shape index (κ3) is 11.9. The first-order valence-corrected chi connectivity index (χ1v) is 10.5. The lowest BCUT2D eigenvalue weighted by Crippen LogP contribution is -2.35. The lowest BCUT2D eigenvalue weighted by atomic mass is 9.86. The number of hydrogen-bond donors (Lipinski definition) is 0. The molecule has 0 radical (unpaired) electrons. The molecule has 0 fully saturated rings. The zero-order chi connectivity index (χ0) is 18.5. The van der Waals surface area contributed by atoms with Crippen molar-refractivity contribution in [2.24, 2.45) is 5.41 Å². The summed E-state index contributed by atoms with van der Waals surface area (Å²) >= 11 is 0. The van der Waals surface area contributed by atoms with Crippen LogP contribution in [0.1, 0.15) is 125 Å². The van der Waals surface area contributed by atoms with Crippen LogP contribution < -0.4 is 0 Å². The van der Waals surface area contributed by atoms with Gasteiger partial charge >= 0.3 is 5.97 Å². The highest BCUT2D eigenvalue weighted by atomic mass is 16.6. The van der Waals surface area contributed by atoms with E-state index in [1.165, 1.54) is 57.8 Å². The third-order valence-corrected chi connectivity index (χ3v) is 4.96. The second-order valence-corrected chi connectivity index (χ2v) is 8.72. The number of unbranched alkanes of at least 4 members (excludes halogenated alkanes) is 9. The average molecular weight is 341 g/mol. The van der Waals surface area contributed by atoms with Crippen LogP contribution in [0.4, 0.5) is 0 Å². The quantitative estimate of drug-likeness (QED) is 0.228. The summed E-state index contributed by atoms with van der Waals surface area (Å²) < 4.78 is 5.87. The largest absolute Gasteiger partial charge is 0.459 e. The zero-order valence-corrected chi connectivity index (χ0v) is 17.5. The van der Waals surface area contributed by atoms with E-state index in [4.69, 9.17) is 4.74 Å². The van der Waals surface area contributed by atoms with Gasteiger partial charge in [-0.2, -0.15) is 0 Å². The lowest BCUT2D eigenvalue weighted by molar-refractivity contribution is -0.168. The van der Waals surface area contributed by atoms with Crippen molar-refractivity contribution in [3.05, 3.63) is 0 Å². The van der Waals surface area contributed by atoms with Crippen LogP contribution in [0, 0.1) is 5.41 Å². The maximum Gasteiger partial charge on any atom is 0.312 e. The van der Waals surface area contributed by atoms with E-state index >= 15 is 0 Å². The fourth-order valence-corrected chi connectivity index (χ4v) is 3.04. The maximum atomic E-state index is 12.6. The number of carbonyl (C=O) groups excluding carboxylic acids is 1. The van der Waals surface area contributed by atoms with Crippen LogP contribution >= 0.6 is 0 Å². The average Bonchev–Trinajstić information content (AvgIpc) is 2.50. The Morgan fingerprint density at radius 3 is 1.58 bits per heavy atom. The molecule has 0 atom stereocenters. The van der Waals surface area contributed by atoms with Crippen LogP contribution in [-0.4, -0.2) is 11.6 Å². The summed E-state index contributed by atoms with van der Waals surface area (Å²) in [6, 6.07) is 0. The summed E-state index contributed by atoms with van der Waals surface area (Å²) in [4.78, 5) is 12.6. The van der Waals surface area contributed by atoms with Crippen molar-refractivity contribution in [1.29, 1.82) is 0 Å². The van der Waals surface area contributed by atoms with Crippen molar-refractivity contribution in [3.8, 4) is 0 Å². The van der Waals surface area contributed by atoms with E-state index in [1.54, 1.807) is 0 Å². The minimum absolute atomic E-state index is 0.0189. The number of rotatable bonds is 15. The van der Waals surface area contributed by atoms with Crippen LogP contribution in [0.15, 0.2) is 0 Å². The van der Waals surface area contributed by atoms with Crippen LogP contribution in [0.2, 0.25) is 0 Å². The van der Waals surface area contributed by atoms with Gasteiger partial charge in [0.05, 0.1) is 5.41 Å². The molecule has 0 N–H and O–H groups in total. The number of carbonyl (C=O) groups is 1. The monoisotopic (exact) mass is 340 g/mol. The van der Waals surface area contributed by atoms with Gasteiger partial charge in [-0.25, -0.2) is 0 Å². The van der Waals surface area contributed by atoms with Gasteiger partial charge < -0.3 is 4.74 Å². The van der Waals surface area contributed by atoms with Gasteiger partial charge in [0.2, 0.25) is 0 Å². The van der Waals surface area contributed by atoms with E-state index < -0.39 is 0 Å². The highest BCUT2D eigenvalue weighted by Gasteiger charge is 2.33. The highest BCUT2D eigenvalue weighted by molar-refractivity contribution is 5.76. The minimum Gasteiger partial charge on any atom is -0.459 e. The molecule has 0 spiro atoms. The molecule has 0 rings (SSSR count). The normalized spacial score (nSPS) is 12.4. The molecule has 0 unspecified atom stereocenters. The van der Waals surface area contributed by atoms with Crippen molar-refractivity contribution in [1.82, 2.24) is 0 Å². The fraction of sp³-hybridized carbons (Fsp3) is 0.955. The topological polar surface area (TPSA) is 26.3 Å². The molecule has 0 heterocycles. The van der Waals surface area contributed by atoms with Crippen LogP contribution in [0.25, 0.3) is 0 Å². The molecule has 2 heteroatoms. The van der Waals surface area contributed by atoms with E-state index in [9.17, 15) is 4.79 Å². The molecule has 0 aliphatic carbocycles. The second-order valence-electron chi connectivity index (χ2n) is 8.72. The van der Waals surface area contributed by atoms with Crippen molar-refractivity contribution < 1.29 is 9.53 Å². The van der Waals surface area contributed by atoms with Gasteiger partial charge in [-0.1, -0.05) is 78.1 Å². The van der Waals surface area contributed by atoms with Gasteiger partial charge in [0.25, 0.3) is 0 Å². The molecular formula is C22H44O2. The molecule has 0 amide bonds. The molecule has 24 heavy (non-hydrogen) atoms. The van der Waals surface area contributed by atoms with Gasteiger partial charge in [0.1, 0.15) is 5.60 Å². The first kappa shape index (κ1) is 23.5. The predicted molar refractivity (Wildman–Crippen MR) is 105 cm³/mol. The first-order chi connectivity index (χ1) is 11.2. The van der Waals surface area contributed by atoms with Gasteiger partial charge in [0, 0.05) is 0 Å². The van der Waals surface area contributed by atoms with E-state index in [0.717, 1.165) is 25.7 Å². The number of hydrogen-bond acceptors (Lipinski definition) is 2. The molecule has 144 valence electrons. The molecule has 0 aliphatic heterocycles. The van der Waals surface area contributed by atoms with Gasteiger partial charge in [-0.05, 0) is 47.0 Å². The lowest BCUT2D eigenvalue weighted by Gasteiger charge is -2.31. The summed E-state index contributed by atoms with van der Waals surface area (Å²) in [7, 11) is 0. The first-order valence-electron chi connectivity index (χ1n) is 10.5. The van der Waals surface area contributed by atoms with Crippen molar-refractivity contribution in [3.63, 3.8) is 0 Å². The Kier molecular flexibility index (Phi) is 12.5. The van der Waals surface area contributed by atoms with Crippen LogP contribution in [0.3, 0.4) is 0 Å². The minimum atomic E-state index is -0.357. The van der Waals surface area contributed by atoms with E-state index in [-0.39, 0.29) is 17.0 Å². The number of esters is 1. The summed E-state index contributed by atoms with van der Waals surface area (Å²) in [5.41, 5.74) is -0.689. The predicted octanol–water partition coefficient (Wildman–Crippen LogP) is 7.45. The molecular weight excluding hydrogens is 296 g/mol. The molecule has 0 aliphatic rings. The van der Waals surface area contributed by atoms with E-state index in [1.807, 2.05) is 13.8 Å². The van der Waals surface area contributed by atoms with E-state index in [2.05, 4.69) is 27.7 Å². The summed E-state index contributed by atoms with van der Waals surface area (Å²) in [5.74, 6) is -0.0189. The summed E-state index contributed by atoms with van der Waals surface area (Å²) in [5, 5.41) is 0. The van der Waals surface area contributed by atoms with Crippen LogP contribution in [0.5, 0.6) is 0 Å². The van der Waals surface area contributed by atoms with Crippen molar-refractivity contribution in [2.75, 3.05) is 0 Å². The molecule has 0 saturated carbocycles. The Bertz CT molecular complexity index is 318. The van der Waals surface area contributed by atoms with Crippen molar-refractivity contribution >= 4 is 5.97 Å². The molecule has 0 bridgehead atoms. The SMILES string of the molecule is CCCCCCCCC(C)(C)C(=O)OC(C)(C)CCCCCCC. The molecule has 0 aromatic heterocycles. The van der Waals surface area contributed by atoms with Crippen LogP contribution in [-0.2, 0) is 9.53 Å². The zero-order valence-electron chi connectivity index (χ0n) is 17.5. The number of ether oxygens (including phenoxy) is 1. The Morgan fingerprint density at radius 2 is 1.08 bits per heavy atom. The highest BCUT2D eigenvalue weighted by Crippen LogP contribution is 2.30. The van der Waals surface area contributed by atoms with Gasteiger partial charge in [-0.3, -0.25) is 4.79 Å². The van der Waals surface area contributed by atoms with Crippen molar-refractivity contribution in [2.45, 2.75) is 131 Å². The molecule has 0 saturated heterocycles. The standard InChI is InChI=1S/C22H44O2/c1-7-9-11-13-15-16-18-21(3,4)20(23)24-22(5,6)19-17-14-12-10-8-2/h7-19H2,1-6H3. The molecule has 0 aromatic rings. The Labute approximate surface area is 152 Å². The summed E-state index contributed by atoms with van der Waals surface area (Å²) in [6.45, 7) is 12.7. The Morgan fingerprint density at radius 1 is 0.667 bits per heavy atom. The maximum absolute atomic E-state index is 12.6. The summed E-state index contributed by atoms with van der Waals surface area (Å²) in [6.07, 6.45) is 15.8. The van der Waals surface area contributed by atoms with Gasteiger partial charge in [0.15, 0.2) is 0 Å². The fourth-order valence-electron chi connectivity index (χ4n) is 3.04. The Hall–Kier alpha value is -0.530.